The van der Waals surface area contributed by atoms with E-state index in [0.29, 0.717) is 0 Å². The molecule has 0 aliphatic carbocycles. The van der Waals surface area contributed by atoms with Crippen LogP contribution in [0.4, 0.5) is 0 Å². The zero-order valence-electron chi connectivity index (χ0n) is 4.70. The number of ether oxygens (including phenoxy) is 1. The first-order chi connectivity index (χ1) is 4.29. The van der Waals surface area contributed by atoms with Gasteiger partial charge >= 0.3 is 57.6 Å². The molecule has 0 saturated carbocycles. The van der Waals surface area contributed by atoms with Crippen molar-refractivity contribution in [3.8, 4) is 0 Å². The Morgan fingerprint density at radius 3 is 2.89 bits per heavy atom. The Balaban J connectivity index is 2.13. The third-order valence-electron chi connectivity index (χ3n) is 0.883. The number of aliphatic carboxylic acids is 1. The molecule has 0 aromatic rings. The van der Waals surface area contributed by atoms with Crippen LogP contribution in [0.5, 0.6) is 0 Å². The fraction of sp³-hybridized carbons (Fsp3) is 0.200. The molecule has 3 nitrogen and oxygen atoms in total. The molecule has 0 amide bonds. The van der Waals surface area contributed by atoms with Gasteiger partial charge in [-0.05, 0) is 0 Å². The van der Waals surface area contributed by atoms with Gasteiger partial charge in [-0.15, -0.1) is 0 Å². The SMILES string of the molecule is O=C(O)CO[C]1=[Al][CH]=C1. The minimum atomic E-state index is -0.915. The molecule has 0 spiro atoms. The van der Waals surface area contributed by atoms with Crippen molar-refractivity contribution in [2.75, 3.05) is 6.61 Å². The van der Waals surface area contributed by atoms with Crippen molar-refractivity contribution in [2.24, 2.45) is 0 Å². The van der Waals surface area contributed by atoms with Gasteiger partial charge in [0.05, 0.1) is 0 Å². The Hall–Kier alpha value is -0.588. The molecule has 0 atom stereocenters. The number of carboxylic acids is 1. The van der Waals surface area contributed by atoms with Crippen LogP contribution in [0.15, 0.2) is 11.0 Å². The normalized spacial score (nSPS) is 13.1. The van der Waals surface area contributed by atoms with Crippen molar-refractivity contribution in [1.82, 2.24) is 0 Å². The van der Waals surface area contributed by atoms with Crippen molar-refractivity contribution < 1.29 is 14.6 Å². The fourth-order valence-corrected chi connectivity index (χ4v) is 0.945. The summed E-state index contributed by atoms with van der Waals surface area (Å²) in [4.78, 5) is 11.9. The van der Waals surface area contributed by atoms with E-state index in [4.69, 9.17) is 9.84 Å². The average Bonchev–Trinajstić information content (AvgIpc) is 1.60. The van der Waals surface area contributed by atoms with Crippen LogP contribution in [-0.2, 0) is 9.53 Å². The Labute approximate surface area is 58.2 Å². The van der Waals surface area contributed by atoms with Gasteiger partial charge in [-0.3, -0.25) is 0 Å². The summed E-state index contributed by atoms with van der Waals surface area (Å²) >= 11 is 0.144. The van der Waals surface area contributed by atoms with Gasteiger partial charge in [-0.2, -0.15) is 0 Å². The molecule has 0 bridgehead atoms. The van der Waals surface area contributed by atoms with Gasteiger partial charge in [-0.1, -0.05) is 0 Å². The molecule has 0 saturated heterocycles. The number of carboxylic acid groups (broad SMARTS) is 1. The summed E-state index contributed by atoms with van der Waals surface area (Å²) in [5.41, 5.74) is 0. The van der Waals surface area contributed by atoms with Crippen molar-refractivity contribution in [3.05, 3.63) is 11.0 Å². The van der Waals surface area contributed by atoms with E-state index < -0.39 is 5.97 Å². The van der Waals surface area contributed by atoms with Crippen molar-refractivity contribution in [3.63, 3.8) is 0 Å². The minimum absolute atomic E-state index is 0.144. The number of carbonyl (C=O) groups is 1. The molecule has 1 aliphatic rings. The van der Waals surface area contributed by atoms with Crippen LogP contribution in [0.25, 0.3) is 0 Å². The molecular weight excluding hydrogens is 135 g/mol. The number of hydrogen-bond acceptors (Lipinski definition) is 2. The summed E-state index contributed by atoms with van der Waals surface area (Å²) in [5, 5.41) is 8.13. The van der Waals surface area contributed by atoms with Crippen LogP contribution in [0.2, 0.25) is 0 Å². The first kappa shape index (κ1) is 6.53. The summed E-state index contributed by atoms with van der Waals surface area (Å²) in [7, 11) is 0. The van der Waals surface area contributed by atoms with E-state index in [1.165, 1.54) is 0 Å². The zero-order valence-corrected chi connectivity index (χ0v) is 5.86. The predicted octanol–water partition coefficient (Wildman–Crippen LogP) is -0.551. The van der Waals surface area contributed by atoms with E-state index in [9.17, 15) is 4.79 Å². The van der Waals surface area contributed by atoms with Crippen LogP contribution in [-0.4, -0.2) is 37.0 Å². The van der Waals surface area contributed by atoms with Crippen LogP contribution < -0.4 is 0 Å². The Morgan fingerprint density at radius 2 is 2.56 bits per heavy atom. The van der Waals surface area contributed by atoms with Gasteiger partial charge < -0.3 is 0 Å². The molecule has 1 N–H and O–H groups in total. The van der Waals surface area contributed by atoms with Gasteiger partial charge in [0.25, 0.3) is 0 Å². The Bertz CT molecular complexity index is 183. The Morgan fingerprint density at radius 1 is 1.89 bits per heavy atom. The summed E-state index contributed by atoms with van der Waals surface area (Å²) < 4.78 is 5.65. The monoisotopic (exact) mass is 140 g/mol. The fourth-order valence-electron chi connectivity index (χ4n) is 0.416. The molecule has 1 aliphatic heterocycles. The molecule has 1 heterocycles. The van der Waals surface area contributed by atoms with Crippen LogP contribution >= 0.6 is 0 Å². The first-order valence-corrected chi connectivity index (χ1v) is 3.76. The second kappa shape index (κ2) is 2.81. The van der Waals surface area contributed by atoms with E-state index in [2.05, 4.69) is 0 Å². The van der Waals surface area contributed by atoms with Crippen LogP contribution in [0, 0.1) is 0 Å². The number of rotatable bonds is 3. The van der Waals surface area contributed by atoms with Gasteiger partial charge in [0, 0.05) is 0 Å². The number of hydrogen-bond donors (Lipinski definition) is 1. The predicted molar refractivity (Wildman–Crippen MR) is 33.5 cm³/mol. The summed E-state index contributed by atoms with van der Waals surface area (Å²) in [5.74, 6) is -0.915. The molecule has 0 unspecified atom stereocenters. The quantitative estimate of drug-likeness (QED) is 0.535. The zero-order chi connectivity index (χ0) is 6.69. The third-order valence-corrected chi connectivity index (χ3v) is 1.96. The third kappa shape index (κ3) is 2.00. The first-order valence-electron chi connectivity index (χ1n) is 2.52. The summed E-state index contributed by atoms with van der Waals surface area (Å²) in [6.07, 6.45) is 1.80. The Kier molecular flexibility index (Phi) is 2.04. The maximum atomic E-state index is 9.89. The molecule has 1 rings (SSSR count). The van der Waals surface area contributed by atoms with E-state index >= 15 is 0 Å². The van der Waals surface area contributed by atoms with Gasteiger partial charge in [-0.25, -0.2) is 0 Å². The molecule has 4 heteroatoms. The second-order valence-electron chi connectivity index (χ2n) is 1.61. The summed E-state index contributed by atoms with van der Waals surface area (Å²) in [6, 6.07) is 0. The topological polar surface area (TPSA) is 46.5 Å². The van der Waals surface area contributed by atoms with Crippen molar-refractivity contribution >= 4 is 25.3 Å². The van der Waals surface area contributed by atoms with Gasteiger partial charge in [0.2, 0.25) is 0 Å². The molecule has 0 aromatic carbocycles. The second-order valence-corrected chi connectivity index (χ2v) is 2.90. The van der Waals surface area contributed by atoms with E-state index in [-0.39, 0.29) is 21.4 Å². The molecule has 0 fully saturated rings. The van der Waals surface area contributed by atoms with Crippen molar-refractivity contribution in [1.29, 1.82) is 0 Å². The maximum absolute atomic E-state index is 9.89. The van der Waals surface area contributed by atoms with Gasteiger partial charge in [0.1, 0.15) is 0 Å². The molecule has 0 radical (unpaired) electrons. The van der Waals surface area contributed by atoms with E-state index in [1.807, 2.05) is 4.94 Å². The van der Waals surface area contributed by atoms with Crippen LogP contribution in [0.1, 0.15) is 0 Å². The van der Waals surface area contributed by atoms with E-state index in [0.717, 1.165) is 4.57 Å². The summed E-state index contributed by atoms with van der Waals surface area (Å²) in [6.45, 7) is -0.202. The van der Waals surface area contributed by atoms with Crippen LogP contribution in [0.3, 0.4) is 0 Å². The molecule has 46 valence electrons. The standard InChI is InChI=1S/C5H5O3.Al/c1-2-3-8-4-5(6)7;/h1-2H,4H2,(H,6,7);. The van der Waals surface area contributed by atoms with Crippen molar-refractivity contribution in [2.45, 2.75) is 0 Å². The molecule has 9 heavy (non-hydrogen) atoms. The average molecular weight is 140 g/mol. The molecular formula is C5H5AlO3. The van der Waals surface area contributed by atoms with Gasteiger partial charge in [0.15, 0.2) is 0 Å². The molecule has 0 aromatic heterocycles. The van der Waals surface area contributed by atoms with E-state index in [1.54, 1.807) is 6.08 Å².